The molecular weight excluding hydrogens is 264 g/mol. The van der Waals surface area contributed by atoms with E-state index >= 15 is 0 Å². The van der Waals surface area contributed by atoms with Crippen molar-refractivity contribution in [2.45, 2.75) is 26.3 Å². The van der Waals surface area contributed by atoms with Crippen molar-refractivity contribution in [1.82, 2.24) is 5.32 Å². The number of nitrogens with one attached hydrogen (secondary N) is 1. The summed E-state index contributed by atoms with van der Waals surface area (Å²) < 4.78 is 5.36. The van der Waals surface area contributed by atoms with E-state index in [-0.39, 0.29) is 11.9 Å². The Morgan fingerprint density at radius 3 is 3.00 bits per heavy atom. The number of hydrogen-bond acceptors (Lipinski definition) is 3. The number of carbonyl (C=O) groups is 1. The molecule has 0 aromatic heterocycles. The standard InChI is InChI=1S/C17H22N2O2/c1-12-10-15(6-5-14(12)4-3-8-18)17(20)19-13(2)16-7-9-21-11-16/h5-6,10,13,16H,7-9,11,18H2,1-2H3,(H,19,20). The summed E-state index contributed by atoms with van der Waals surface area (Å²) in [6, 6.07) is 5.67. The normalized spacial score (nSPS) is 18.7. The number of nitrogens with two attached hydrogens (primary N) is 1. The van der Waals surface area contributed by atoms with Crippen molar-refractivity contribution in [3.63, 3.8) is 0 Å². The molecule has 1 aliphatic heterocycles. The van der Waals surface area contributed by atoms with Crippen molar-refractivity contribution < 1.29 is 9.53 Å². The predicted molar refractivity (Wildman–Crippen MR) is 83.0 cm³/mol. The molecule has 21 heavy (non-hydrogen) atoms. The monoisotopic (exact) mass is 286 g/mol. The second kappa shape index (κ2) is 7.26. The topological polar surface area (TPSA) is 64.3 Å². The molecule has 1 aromatic rings. The number of amides is 1. The van der Waals surface area contributed by atoms with Crippen LogP contribution in [-0.2, 0) is 4.74 Å². The Hall–Kier alpha value is -1.83. The molecule has 112 valence electrons. The molecule has 0 radical (unpaired) electrons. The van der Waals surface area contributed by atoms with Crippen LogP contribution < -0.4 is 11.1 Å². The van der Waals surface area contributed by atoms with Gasteiger partial charge in [-0.2, -0.15) is 0 Å². The van der Waals surface area contributed by atoms with Gasteiger partial charge in [-0.25, -0.2) is 0 Å². The van der Waals surface area contributed by atoms with Crippen LogP contribution in [-0.4, -0.2) is 31.7 Å². The molecule has 4 heteroatoms. The third kappa shape index (κ3) is 4.07. The van der Waals surface area contributed by atoms with Crippen LogP contribution >= 0.6 is 0 Å². The van der Waals surface area contributed by atoms with Crippen LogP contribution in [0, 0.1) is 24.7 Å². The molecule has 2 unspecified atom stereocenters. The van der Waals surface area contributed by atoms with E-state index in [9.17, 15) is 4.79 Å². The first-order chi connectivity index (χ1) is 10.1. The zero-order valence-electron chi connectivity index (χ0n) is 12.6. The van der Waals surface area contributed by atoms with E-state index in [2.05, 4.69) is 17.2 Å². The van der Waals surface area contributed by atoms with Crippen molar-refractivity contribution >= 4 is 5.91 Å². The minimum atomic E-state index is -0.0455. The summed E-state index contributed by atoms with van der Waals surface area (Å²) in [4.78, 5) is 12.3. The van der Waals surface area contributed by atoms with Crippen molar-refractivity contribution in [3.05, 3.63) is 34.9 Å². The summed E-state index contributed by atoms with van der Waals surface area (Å²) in [5, 5.41) is 3.05. The molecule has 1 amide bonds. The van der Waals surface area contributed by atoms with E-state index in [0.29, 0.717) is 18.0 Å². The van der Waals surface area contributed by atoms with Gasteiger partial charge in [0.2, 0.25) is 0 Å². The van der Waals surface area contributed by atoms with Crippen LogP contribution in [0.1, 0.15) is 34.8 Å². The smallest absolute Gasteiger partial charge is 0.251 e. The van der Waals surface area contributed by atoms with Crippen molar-refractivity contribution in [3.8, 4) is 11.8 Å². The van der Waals surface area contributed by atoms with Crippen LogP contribution in [0.25, 0.3) is 0 Å². The number of hydrogen-bond donors (Lipinski definition) is 2. The highest BCUT2D eigenvalue weighted by atomic mass is 16.5. The van der Waals surface area contributed by atoms with Gasteiger partial charge in [0, 0.05) is 29.7 Å². The first kappa shape index (κ1) is 15.6. The van der Waals surface area contributed by atoms with Gasteiger partial charge in [-0.05, 0) is 44.0 Å². The number of carbonyl (C=O) groups excluding carboxylic acids is 1. The number of rotatable bonds is 3. The summed E-state index contributed by atoms with van der Waals surface area (Å²) in [6.45, 7) is 5.84. The Kier molecular flexibility index (Phi) is 5.38. The highest BCUT2D eigenvalue weighted by Gasteiger charge is 2.23. The van der Waals surface area contributed by atoms with Crippen molar-refractivity contribution in [1.29, 1.82) is 0 Å². The predicted octanol–water partition coefficient (Wildman–Crippen LogP) is 1.46. The lowest BCUT2D eigenvalue weighted by atomic mass is 9.99. The summed E-state index contributed by atoms with van der Waals surface area (Å²) in [7, 11) is 0. The first-order valence-electron chi connectivity index (χ1n) is 7.30. The van der Waals surface area contributed by atoms with E-state index in [0.717, 1.165) is 30.8 Å². The largest absolute Gasteiger partial charge is 0.381 e. The van der Waals surface area contributed by atoms with Gasteiger partial charge < -0.3 is 15.8 Å². The van der Waals surface area contributed by atoms with E-state index in [1.165, 1.54) is 0 Å². The second-order valence-electron chi connectivity index (χ2n) is 5.42. The van der Waals surface area contributed by atoms with Gasteiger partial charge in [0.05, 0.1) is 13.2 Å². The van der Waals surface area contributed by atoms with E-state index in [1.54, 1.807) is 6.07 Å². The molecule has 0 spiro atoms. The van der Waals surface area contributed by atoms with Gasteiger partial charge in [-0.3, -0.25) is 4.79 Å². The maximum atomic E-state index is 12.3. The molecule has 0 bridgehead atoms. The van der Waals surface area contributed by atoms with Crippen LogP contribution in [0.5, 0.6) is 0 Å². The Bertz CT molecular complexity index is 566. The maximum Gasteiger partial charge on any atom is 0.251 e. The molecule has 2 rings (SSSR count). The van der Waals surface area contributed by atoms with Crippen molar-refractivity contribution in [2.24, 2.45) is 11.7 Å². The zero-order valence-corrected chi connectivity index (χ0v) is 12.6. The van der Waals surface area contributed by atoms with Crippen molar-refractivity contribution in [2.75, 3.05) is 19.8 Å². The number of benzene rings is 1. The van der Waals surface area contributed by atoms with Crippen LogP contribution in [0.4, 0.5) is 0 Å². The molecule has 1 fully saturated rings. The Morgan fingerprint density at radius 1 is 1.57 bits per heavy atom. The minimum absolute atomic E-state index is 0.0455. The first-order valence-corrected chi connectivity index (χ1v) is 7.30. The fourth-order valence-corrected chi connectivity index (χ4v) is 2.45. The van der Waals surface area contributed by atoms with Crippen LogP contribution in [0.15, 0.2) is 18.2 Å². The SMILES string of the molecule is Cc1cc(C(=O)NC(C)C2CCOC2)ccc1C#CCN. The lowest BCUT2D eigenvalue weighted by Gasteiger charge is -2.19. The molecular formula is C17H22N2O2. The molecule has 0 saturated carbocycles. The van der Waals surface area contributed by atoms with Gasteiger partial charge in [-0.1, -0.05) is 11.8 Å². The molecule has 1 saturated heterocycles. The highest BCUT2D eigenvalue weighted by Crippen LogP contribution is 2.17. The Balaban J connectivity index is 2.03. The summed E-state index contributed by atoms with van der Waals surface area (Å²) in [5.41, 5.74) is 7.93. The van der Waals surface area contributed by atoms with E-state index in [1.807, 2.05) is 26.0 Å². The molecule has 3 N–H and O–H groups in total. The average molecular weight is 286 g/mol. The number of aryl methyl sites for hydroxylation is 1. The molecule has 1 aromatic carbocycles. The summed E-state index contributed by atoms with van der Waals surface area (Å²) in [5.74, 6) is 6.19. The lowest BCUT2D eigenvalue weighted by molar-refractivity contribution is 0.0922. The third-order valence-corrected chi connectivity index (χ3v) is 3.84. The number of ether oxygens (including phenoxy) is 1. The van der Waals surface area contributed by atoms with Gasteiger partial charge in [0.15, 0.2) is 0 Å². The van der Waals surface area contributed by atoms with E-state index < -0.39 is 0 Å². The molecule has 2 atom stereocenters. The summed E-state index contributed by atoms with van der Waals surface area (Å²) in [6.07, 6.45) is 1.01. The molecule has 1 aliphatic rings. The second-order valence-corrected chi connectivity index (χ2v) is 5.42. The lowest BCUT2D eigenvalue weighted by Crippen LogP contribution is -2.38. The Labute approximate surface area is 126 Å². The highest BCUT2D eigenvalue weighted by molar-refractivity contribution is 5.94. The van der Waals surface area contributed by atoms with Crippen LogP contribution in [0.2, 0.25) is 0 Å². The van der Waals surface area contributed by atoms with E-state index in [4.69, 9.17) is 10.5 Å². The average Bonchev–Trinajstić information content (AvgIpc) is 3.00. The fraction of sp³-hybridized carbons (Fsp3) is 0.471. The molecule has 1 heterocycles. The minimum Gasteiger partial charge on any atom is -0.381 e. The molecule has 4 nitrogen and oxygen atoms in total. The van der Waals surface area contributed by atoms with Crippen LogP contribution in [0.3, 0.4) is 0 Å². The third-order valence-electron chi connectivity index (χ3n) is 3.84. The Morgan fingerprint density at radius 2 is 2.38 bits per heavy atom. The summed E-state index contributed by atoms with van der Waals surface area (Å²) >= 11 is 0. The van der Waals surface area contributed by atoms with Gasteiger partial charge in [0.25, 0.3) is 5.91 Å². The molecule has 0 aliphatic carbocycles. The zero-order chi connectivity index (χ0) is 15.2. The van der Waals surface area contributed by atoms with Gasteiger partial charge in [-0.15, -0.1) is 0 Å². The maximum absolute atomic E-state index is 12.3. The van der Waals surface area contributed by atoms with Gasteiger partial charge >= 0.3 is 0 Å². The fourth-order valence-electron chi connectivity index (χ4n) is 2.45. The van der Waals surface area contributed by atoms with Gasteiger partial charge in [0.1, 0.15) is 0 Å². The quantitative estimate of drug-likeness (QED) is 0.827.